The van der Waals surface area contributed by atoms with Crippen molar-refractivity contribution < 1.29 is 31.5 Å². The van der Waals surface area contributed by atoms with E-state index in [4.69, 9.17) is 5.73 Å². The average molecular weight is 503 g/mol. The highest BCUT2D eigenvalue weighted by Gasteiger charge is 2.46. The molecule has 2 aromatic rings. The zero-order valence-corrected chi connectivity index (χ0v) is 19.1. The third kappa shape index (κ3) is 4.57. The van der Waals surface area contributed by atoms with Crippen LogP contribution in [-0.4, -0.2) is 50.7 Å². The predicted octanol–water partition coefficient (Wildman–Crippen LogP) is 4.55. The first-order chi connectivity index (χ1) is 15.7. The lowest BCUT2D eigenvalue weighted by Crippen LogP contribution is -2.41. The molecule has 34 heavy (non-hydrogen) atoms. The van der Waals surface area contributed by atoms with E-state index in [1.165, 1.54) is 6.92 Å². The van der Waals surface area contributed by atoms with Gasteiger partial charge in [-0.3, -0.25) is 9.59 Å². The van der Waals surface area contributed by atoms with Gasteiger partial charge in [-0.1, -0.05) is 0 Å². The minimum absolute atomic E-state index is 0.0126. The van der Waals surface area contributed by atoms with E-state index in [1.807, 2.05) is 6.92 Å². The Morgan fingerprint density at radius 2 is 1.97 bits per heavy atom. The highest BCUT2D eigenvalue weighted by Crippen LogP contribution is 2.43. The second kappa shape index (κ2) is 8.14. The van der Waals surface area contributed by atoms with Crippen LogP contribution in [0.15, 0.2) is 12.3 Å². The standard InChI is InChI=1S/C21H22F5N5O2S/c1-10-7-20(22,23)9-31(10)18(33)14-15(34-17(29-14)16(27)32)11-8-28-13(6-12(11)21(24,25)26)30-19(2)4-3-5-19/h6,8,10H,3-5,7,9H2,1-2H3,(H2,27,32)(H,28,30)/t10-/m0/s1. The summed E-state index contributed by atoms with van der Waals surface area (Å²) < 4.78 is 69.9. The van der Waals surface area contributed by atoms with Crippen molar-refractivity contribution in [2.24, 2.45) is 5.73 Å². The van der Waals surface area contributed by atoms with Crippen LogP contribution < -0.4 is 11.1 Å². The number of primary amides is 1. The molecule has 2 fully saturated rings. The Morgan fingerprint density at radius 1 is 1.29 bits per heavy atom. The van der Waals surface area contributed by atoms with Crippen molar-refractivity contribution in [1.29, 1.82) is 0 Å². The van der Waals surface area contributed by atoms with Crippen molar-refractivity contribution >= 4 is 29.0 Å². The normalized spacial score (nSPS) is 21.3. The molecule has 2 aliphatic rings. The van der Waals surface area contributed by atoms with Crippen LogP contribution in [0, 0.1) is 0 Å². The number of aromatic nitrogens is 2. The van der Waals surface area contributed by atoms with E-state index < -0.39 is 64.7 Å². The number of nitrogens with one attached hydrogen (secondary N) is 1. The first kappa shape index (κ1) is 24.3. The number of nitrogens with zero attached hydrogens (tertiary/aromatic N) is 3. The van der Waals surface area contributed by atoms with Crippen molar-refractivity contribution in [3.05, 3.63) is 28.5 Å². The molecule has 1 aliphatic carbocycles. The summed E-state index contributed by atoms with van der Waals surface area (Å²) >= 11 is 0.493. The topological polar surface area (TPSA) is 101 Å². The second-order valence-electron chi connectivity index (χ2n) is 9.06. The van der Waals surface area contributed by atoms with Gasteiger partial charge in [-0.2, -0.15) is 13.2 Å². The van der Waals surface area contributed by atoms with Crippen molar-refractivity contribution in [2.45, 2.75) is 63.2 Å². The molecular weight excluding hydrogens is 481 g/mol. The van der Waals surface area contributed by atoms with E-state index in [0.717, 1.165) is 36.4 Å². The van der Waals surface area contributed by atoms with Gasteiger partial charge in [0.1, 0.15) is 11.5 Å². The monoisotopic (exact) mass is 503 g/mol. The van der Waals surface area contributed by atoms with Crippen LogP contribution in [0.5, 0.6) is 0 Å². The third-order valence-electron chi connectivity index (χ3n) is 6.17. The number of likely N-dealkylation sites (tertiary alicyclic amines) is 1. The number of alkyl halides is 5. The van der Waals surface area contributed by atoms with E-state index in [9.17, 15) is 31.5 Å². The van der Waals surface area contributed by atoms with E-state index in [0.29, 0.717) is 11.3 Å². The van der Waals surface area contributed by atoms with Gasteiger partial charge in [0.15, 0.2) is 5.01 Å². The maximum Gasteiger partial charge on any atom is 0.417 e. The van der Waals surface area contributed by atoms with E-state index >= 15 is 0 Å². The van der Waals surface area contributed by atoms with Crippen LogP contribution in [0.1, 0.15) is 65.4 Å². The van der Waals surface area contributed by atoms with Gasteiger partial charge in [0.25, 0.3) is 17.7 Å². The lowest BCUT2D eigenvalue weighted by molar-refractivity contribution is -0.137. The Balaban J connectivity index is 1.80. The number of carbonyl (C=O) groups is 2. The SMILES string of the molecule is C[C@H]1CC(F)(F)CN1C(=O)c1nc(C(N)=O)sc1-c1cnc(NC2(C)CCC2)cc1C(F)(F)F. The predicted molar refractivity (Wildman–Crippen MR) is 115 cm³/mol. The number of carbonyl (C=O) groups excluding carboxylic acids is 2. The molecule has 0 radical (unpaired) electrons. The molecule has 1 saturated heterocycles. The minimum Gasteiger partial charge on any atom is -0.365 e. The zero-order chi connectivity index (χ0) is 25.1. The molecule has 0 unspecified atom stereocenters. The second-order valence-corrected chi connectivity index (χ2v) is 10.1. The summed E-state index contributed by atoms with van der Waals surface area (Å²) in [5, 5.41) is 2.60. The van der Waals surface area contributed by atoms with Crippen LogP contribution >= 0.6 is 11.3 Å². The zero-order valence-electron chi connectivity index (χ0n) is 18.3. The molecule has 2 aromatic heterocycles. The Bertz CT molecular complexity index is 1150. The van der Waals surface area contributed by atoms with Gasteiger partial charge in [-0.15, -0.1) is 11.3 Å². The molecule has 1 atom stereocenters. The maximum absolute atomic E-state index is 14.0. The Morgan fingerprint density at radius 3 is 2.47 bits per heavy atom. The number of thiazole rings is 1. The van der Waals surface area contributed by atoms with Gasteiger partial charge < -0.3 is 16.0 Å². The summed E-state index contributed by atoms with van der Waals surface area (Å²) in [5.74, 6) is -5.18. The quantitative estimate of drug-likeness (QED) is 0.583. The lowest BCUT2D eigenvalue weighted by atomic mass is 9.78. The van der Waals surface area contributed by atoms with Crippen LogP contribution in [0.2, 0.25) is 0 Å². The minimum atomic E-state index is -4.83. The number of amides is 2. The summed E-state index contributed by atoms with van der Waals surface area (Å²) in [4.78, 5) is 33.3. The smallest absolute Gasteiger partial charge is 0.365 e. The fourth-order valence-electron chi connectivity index (χ4n) is 4.25. The molecule has 0 spiro atoms. The molecule has 13 heteroatoms. The summed E-state index contributed by atoms with van der Waals surface area (Å²) in [6.45, 7) is 2.39. The number of hydrogen-bond acceptors (Lipinski definition) is 6. The summed E-state index contributed by atoms with van der Waals surface area (Å²) in [7, 11) is 0. The van der Waals surface area contributed by atoms with Crippen LogP contribution in [0.4, 0.5) is 27.8 Å². The number of nitrogens with two attached hydrogens (primary N) is 1. The Hall–Kier alpha value is -2.83. The summed E-state index contributed by atoms with van der Waals surface area (Å²) in [5.41, 5.74) is 2.77. The summed E-state index contributed by atoms with van der Waals surface area (Å²) in [6, 6.07) is -0.0345. The molecule has 1 aliphatic heterocycles. The van der Waals surface area contributed by atoms with E-state index in [-0.39, 0.29) is 16.2 Å². The number of anilines is 1. The van der Waals surface area contributed by atoms with Crippen molar-refractivity contribution in [3.8, 4) is 10.4 Å². The Kier molecular flexibility index (Phi) is 5.82. The lowest BCUT2D eigenvalue weighted by Gasteiger charge is -2.39. The number of hydrogen-bond donors (Lipinski definition) is 2. The molecule has 3 heterocycles. The average Bonchev–Trinajstić information content (AvgIpc) is 3.26. The third-order valence-corrected chi connectivity index (χ3v) is 7.27. The molecule has 2 amide bonds. The largest absolute Gasteiger partial charge is 0.417 e. The first-order valence-corrected chi connectivity index (χ1v) is 11.4. The van der Waals surface area contributed by atoms with Crippen molar-refractivity contribution in [3.63, 3.8) is 0 Å². The molecule has 0 aromatic carbocycles. The van der Waals surface area contributed by atoms with Gasteiger partial charge in [-0.25, -0.2) is 18.7 Å². The fourth-order valence-corrected chi connectivity index (χ4v) is 5.19. The van der Waals surface area contributed by atoms with Gasteiger partial charge in [0.05, 0.1) is 17.0 Å². The Labute approximate surface area is 195 Å². The molecule has 3 N–H and O–H groups in total. The molecule has 7 nitrogen and oxygen atoms in total. The molecular formula is C21H22F5N5O2S. The van der Waals surface area contributed by atoms with Crippen LogP contribution in [-0.2, 0) is 6.18 Å². The van der Waals surface area contributed by atoms with Crippen LogP contribution in [0.3, 0.4) is 0 Å². The van der Waals surface area contributed by atoms with Gasteiger partial charge >= 0.3 is 6.18 Å². The van der Waals surface area contributed by atoms with E-state index in [2.05, 4.69) is 15.3 Å². The highest BCUT2D eigenvalue weighted by molar-refractivity contribution is 7.17. The van der Waals surface area contributed by atoms with Gasteiger partial charge in [0, 0.05) is 29.8 Å². The molecule has 184 valence electrons. The van der Waals surface area contributed by atoms with Crippen molar-refractivity contribution in [1.82, 2.24) is 14.9 Å². The maximum atomic E-state index is 14.0. The fraction of sp³-hybridized carbons (Fsp3) is 0.524. The highest BCUT2D eigenvalue weighted by atomic mass is 32.1. The number of halogens is 5. The van der Waals surface area contributed by atoms with Crippen LogP contribution in [0.25, 0.3) is 10.4 Å². The summed E-state index contributed by atoms with van der Waals surface area (Å²) in [6.07, 6.45) is -1.96. The molecule has 4 rings (SSSR count). The first-order valence-electron chi connectivity index (χ1n) is 10.5. The van der Waals surface area contributed by atoms with E-state index in [1.54, 1.807) is 0 Å². The van der Waals surface area contributed by atoms with Gasteiger partial charge in [0.2, 0.25) is 0 Å². The number of rotatable bonds is 5. The number of pyridine rings is 1. The molecule has 0 bridgehead atoms. The molecule has 1 saturated carbocycles. The van der Waals surface area contributed by atoms with Crippen molar-refractivity contribution in [2.75, 3.05) is 11.9 Å². The van der Waals surface area contributed by atoms with Gasteiger partial charge in [-0.05, 0) is 39.2 Å².